The summed E-state index contributed by atoms with van der Waals surface area (Å²) < 4.78 is 21.3. The van der Waals surface area contributed by atoms with Gasteiger partial charge in [-0.2, -0.15) is 4.68 Å². The molecule has 0 fully saturated rings. The SMILES string of the molecule is Cc1nnnn1-c1cc(NC(=O)c2cc3c(s2)-c2ccccc2OC3)ccc1F. The first-order chi connectivity index (χ1) is 14.1. The van der Waals surface area contributed by atoms with Crippen molar-refractivity contribution < 1.29 is 13.9 Å². The lowest BCUT2D eigenvalue weighted by Gasteiger charge is -2.16. The number of ether oxygens (including phenoxy) is 1. The molecule has 9 heteroatoms. The van der Waals surface area contributed by atoms with E-state index >= 15 is 0 Å². The van der Waals surface area contributed by atoms with Gasteiger partial charge in [-0.15, -0.1) is 16.4 Å². The molecule has 7 nitrogen and oxygen atoms in total. The Bertz CT molecular complexity index is 1250. The molecule has 5 rings (SSSR count). The van der Waals surface area contributed by atoms with E-state index in [9.17, 15) is 9.18 Å². The van der Waals surface area contributed by atoms with Crippen molar-refractivity contribution in [2.75, 3.05) is 5.32 Å². The Kier molecular flexibility index (Phi) is 4.09. The van der Waals surface area contributed by atoms with Crippen LogP contribution >= 0.6 is 11.3 Å². The molecule has 0 aliphatic carbocycles. The number of anilines is 1. The molecular weight excluding hydrogens is 393 g/mol. The Morgan fingerprint density at radius 3 is 2.93 bits per heavy atom. The Labute approximate surface area is 168 Å². The predicted molar refractivity (Wildman–Crippen MR) is 106 cm³/mol. The van der Waals surface area contributed by atoms with Gasteiger partial charge in [0.05, 0.1) is 4.88 Å². The zero-order valence-corrected chi connectivity index (χ0v) is 16.0. The Balaban J connectivity index is 1.44. The number of carbonyl (C=O) groups is 1. The summed E-state index contributed by atoms with van der Waals surface area (Å²) in [7, 11) is 0. The standard InChI is InChI=1S/C20H14FN5O2S/c1-11-23-24-25-26(11)16-9-13(6-7-15(16)21)22-20(27)18-8-12-10-28-17-5-3-2-4-14(17)19(12)29-18/h2-9H,10H2,1H3,(H,22,27). The lowest BCUT2D eigenvalue weighted by atomic mass is 10.1. The van der Waals surface area contributed by atoms with Gasteiger partial charge < -0.3 is 10.1 Å². The van der Waals surface area contributed by atoms with E-state index in [0.29, 0.717) is 23.0 Å². The van der Waals surface area contributed by atoms with E-state index < -0.39 is 5.82 Å². The number of nitrogens with one attached hydrogen (secondary N) is 1. The Hall–Kier alpha value is -3.59. The molecule has 0 spiro atoms. The number of amides is 1. The molecule has 0 bridgehead atoms. The van der Waals surface area contributed by atoms with Crippen LogP contribution in [0.4, 0.5) is 10.1 Å². The third kappa shape index (κ3) is 3.05. The van der Waals surface area contributed by atoms with Crippen molar-refractivity contribution in [3.63, 3.8) is 0 Å². The summed E-state index contributed by atoms with van der Waals surface area (Å²) in [6.07, 6.45) is 0. The number of thiophene rings is 1. The Morgan fingerprint density at radius 2 is 2.10 bits per heavy atom. The van der Waals surface area contributed by atoms with Crippen LogP contribution in [0.15, 0.2) is 48.5 Å². The first-order valence-corrected chi connectivity index (χ1v) is 9.63. The lowest BCUT2D eigenvalue weighted by molar-refractivity contribution is 0.103. The van der Waals surface area contributed by atoms with Gasteiger partial charge in [-0.3, -0.25) is 4.79 Å². The van der Waals surface area contributed by atoms with Crippen molar-refractivity contribution in [2.24, 2.45) is 0 Å². The molecule has 2 aromatic heterocycles. The van der Waals surface area contributed by atoms with E-state index in [0.717, 1.165) is 21.8 Å². The highest BCUT2D eigenvalue weighted by Gasteiger charge is 2.22. The summed E-state index contributed by atoms with van der Waals surface area (Å²) in [5.41, 5.74) is 2.57. The summed E-state index contributed by atoms with van der Waals surface area (Å²) in [6.45, 7) is 2.09. The second-order valence-electron chi connectivity index (χ2n) is 6.51. The number of aromatic nitrogens is 4. The maximum absolute atomic E-state index is 14.2. The van der Waals surface area contributed by atoms with Crippen molar-refractivity contribution in [2.45, 2.75) is 13.5 Å². The van der Waals surface area contributed by atoms with Crippen LogP contribution in [0.25, 0.3) is 16.1 Å². The smallest absolute Gasteiger partial charge is 0.265 e. The average Bonchev–Trinajstić information content (AvgIpc) is 3.36. The predicted octanol–water partition coefficient (Wildman–Crippen LogP) is 3.98. The van der Waals surface area contributed by atoms with E-state index in [1.807, 2.05) is 30.3 Å². The molecule has 2 aromatic carbocycles. The molecule has 4 aromatic rings. The van der Waals surface area contributed by atoms with Crippen LogP contribution in [-0.4, -0.2) is 26.1 Å². The van der Waals surface area contributed by atoms with E-state index in [-0.39, 0.29) is 11.6 Å². The first-order valence-electron chi connectivity index (χ1n) is 8.81. The molecule has 0 saturated heterocycles. The number of benzene rings is 2. The zero-order chi connectivity index (χ0) is 20.0. The fourth-order valence-electron chi connectivity index (χ4n) is 3.21. The maximum Gasteiger partial charge on any atom is 0.265 e. The first kappa shape index (κ1) is 17.5. The van der Waals surface area contributed by atoms with Crippen LogP contribution in [0.2, 0.25) is 0 Å². The zero-order valence-electron chi connectivity index (χ0n) is 15.2. The number of tetrazole rings is 1. The van der Waals surface area contributed by atoms with Crippen LogP contribution < -0.4 is 10.1 Å². The van der Waals surface area contributed by atoms with Gasteiger partial charge in [-0.05, 0) is 53.7 Å². The molecule has 1 aliphatic rings. The second-order valence-corrected chi connectivity index (χ2v) is 7.56. The van der Waals surface area contributed by atoms with Gasteiger partial charge in [-0.25, -0.2) is 4.39 Å². The van der Waals surface area contributed by atoms with Crippen molar-refractivity contribution in [3.05, 3.63) is 70.6 Å². The quantitative estimate of drug-likeness (QED) is 0.555. The number of hydrogen-bond acceptors (Lipinski definition) is 6. The number of carbonyl (C=O) groups excluding carboxylic acids is 1. The minimum Gasteiger partial charge on any atom is -0.488 e. The third-order valence-corrected chi connectivity index (χ3v) is 5.81. The third-order valence-electron chi connectivity index (χ3n) is 4.61. The summed E-state index contributed by atoms with van der Waals surface area (Å²) in [4.78, 5) is 14.4. The molecule has 0 radical (unpaired) electrons. The topological polar surface area (TPSA) is 81.9 Å². The molecule has 1 N–H and O–H groups in total. The summed E-state index contributed by atoms with van der Waals surface area (Å²) >= 11 is 1.41. The molecule has 0 atom stereocenters. The van der Waals surface area contributed by atoms with Crippen molar-refractivity contribution in [1.29, 1.82) is 0 Å². The van der Waals surface area contributed by atoms with Crippen LogP contribution in [0, 0.1) is 12.7 Å². The van der Waals surface area contributed by atoms with E-state index in [2.05, 4.69) is 20.8 Å². The van der Waals surface area contributed by atoms with Gasteiger partial charge in [0.1, 0.15) is 23.9 Å². The fourth-order valence-corrected chi connectivity index (χ4v) is 4.30. The van der Waals surface area contributed by atoms with Crippen LogP contribution in [0.3, 0.4) is 0 Å². The summed E-state index contributed by atoms with van der Waals surface area (Å²) in [6, 6.07) is 13.9. The number of halogens is 1. The summed E-state index contributed by atoms with van der Waals surface area (Å²) in [5, 5.41) is 13.9. The number of nitrogens with zero attached hydrogens (tertiary/aromatic N) is 4. The van der Waals surface area contributed by atoms with Crippen LogP contribution in [-0.2, 0) is 6.61 Å². The molecule has 0 saturated carbocycles. The molecule has 0 unspecified atom stereocenters. The molecule has 3 heterocycles. The second kappa shape index (κ2) is 6.78. The number of rotatable bonds is 3. The molecule has 1 aliphatic heterocycles. The number of para-hydroxylation sites is 1. The maximum atomic E-state index is 14.2. The van der Waals surface area contributed by atoms with Crippen molar-refractivity contribution in [3.8, 4) is 21.9 Å². The van der Waals surface area contributed by atoms with Crippen LogP contribution in [0.5, 0.6) is 5.75 Å². The van der Waals surface area contributed by atoms with Gasteiger partial charge in [0.25, 0.3) is 5.91 Å². The Morgan fingerprint density at radius 1 is 1.24 bits per heavy atom. The molecule has 1 amide bonds. The molecule has 144 valence electrons. The minimum atomic E-state index is -0.487. The molecule has 29 heavy (non-hydrogen) atoms. The van der Waals surface area contributed by atoms with Gasteiger partial charge >= 0.3 is 0 Å². The highest BCUT2D eigenvalue weighted by molar-refractivity contribution is 7.17. The number of hydrogen-bond donors (Lipinski definition) is 1. The van der Waals surface area contributed by atoms with Crippen molar-refractivity contribution >= 4 is 22.9 Å². The normalized spacial score (nSPS) is 12.1. The van der Waals surface area contributed by atoms with E-state index in [1.54, 1.807) is 6.92 Å². The number of aryl methyl sites for hydroxylation is 1. The monoisotopic (exact) mass is 407 g/mol. The van der Waals surface area contributed by atoms with Gasteiger partial charge in [0.2, 0.25) is 0 Å². The van der Waals surface area contributed by atoms with Gasteiger partial charge in [0.15, 0.2) is 5.82 Å². The highest BCUT2D eigenvalue weighted by atomic mass is 32.1. The highest BCUT2D eigenvalue weighted by Crippen LogP contribution is 2.42. The fraction of sp³-hybridized carbons (Fsp3) is 0.100. The van der Waals surface area contributed by atoms with E-state index in [4.69, 9.17) is 4.74 Å². The van der Waals surface area contributed by atoms with Gasteiger partial charge in [-0.1, -0.05) is 12.1 Å². The van der Waals surface area contributed by atoms with Crippen LogP contribution in [0.1, 0.15) is 21.1 Å². The summed E-state index contributed by atoms with van der Waals surface area (Å²) in [5.74, 6) is 0.498. The minimum absolute atomic E-state index is 0.165. The molecular formula is C20H14FN5O2S. The largest absolute Gasteiger partial charge is 0.488 e. The lowest BCUT2D eigenvalue weighted by Crippen LogP contribution is -2.11. The number of fused-ring (bicyclic) bond motifs is 3. The average molecular weight is 407 g/mol. The van der Waals surface area contributed by atoms with E-state index in [1.165, 1.54) is 34.2 Å². The van der Waals surface area contributed by atoms with Gasteiger partial charge in [0, 0.05) is 21.7 Å². The van der Waals surface area contributed by atoms with Crippen molar-refractivity contribution in [1.82, 2.24) is 20.2 Å².